The normalized spacial score (nSPS) is 10.8. The van der Waals surface area contributed by atoms with Crippen LogP contribution in [0.25, 0.3) is 10.9 Å². The van der Waals surface area contributed by atoms with Gasteiger partial charge in [0.2, 0.25) is 0 Å². The van der Waals surface area contributed by atoms with E-state index in [2.05, 4.69) is 4.98 Å². The Labute approximate surface area is 130 Å². The molecular formula is C17H14N2O4. The lowest BCUT2D eigenvalue weighted by Crippen LogP contribution is -2.35. The highest BCUT2D eigenvalue weighted by atomic mass is 16.4. The van der Waals surface area contributed by atoms with Gasteiger partial charge in [0.15, 0.2) is 0 Å². The van der Waals surface area contributed by atoms with Crippen molar-refractivity contribution in [2.75, 3.05) is 0 Å². The van der Waals surface area contributed by atoms with Crippen LogP contribution in [0.15, 0.2) is 52.1 Å². The Morgan fingerprint density at radius 2 is 1.91 bits per heavy atom. The van der Waals surface area contributed by atoms with E-state index >= 15 is 0 Å². The summed E-state index contributed by atoms with van der Waals surface area (Å²) in [6.45, 7) is 2.08. The molecule has 0 saturated carbocycles. The molecule has 0 saturated heterocycles. The third-order valence-corrected chi connectivity index (χ3v) is 3.82. The van der Waals surface area contributed by atoms with Crippen LogP contribution in [0.3, 0.4) is 0 Å². The maximum Gasteiger partial charge on any atom is 0.335 e. The molecule has 6 nitrogen and oxygen atoms in total. The molecule has 3 aromatic rings. The number of nitrogens with zero attached hydrogens (tertiary/aromatic N) is 1. The molecule has 0 unspecified atom stereocenters. The molecular weight excluding hydrogens is 296 g/mol. The van der Waals surface area contributed by atoms with Crippen LogP contribution in [-0.4, -0.2) is 20.6 Å². The number of carboxylic acid groups (broad SMARTS) is 1. The number of benzene rings is 2. The first kappa shape index (κ1) is 14.8. The van der Waals surface area contributed by atoms with E-state index in [1.165, 1.54) is 18.2 Å². The highest BCUT2D eigenvalue weighted by molar-refractivity contribution is 5.92. The fourth-order valence-electron chi connectivity index (χ4n) is 2.49. The molecule has 1 heterocycles. The van der Waals surface area contributed by atoms with Crippen molar-refractivity contribution in [2.45, 2.75) is 13.5 Å². The molecule has 0 atom stereocenters. The lowest BCUT2D eigenvalue weighted by atomic mass is 10.1. The van der Waals surface area contributed by atoms with Gasteiger partial charge >= 0.3 is 11.7 Å². The van der Waals surface area contributed by atoms with Crippen molar-refractivity contribution >= 4 is 16.9 Å². The quantitative estimate of drug-likeness (QED) is 0.771. The van der Waals surface area contributed by atoms with Gasteiger partial charge in [-0.1, -0.05) is 24.3 Å². The summed E-state index contributed by atoms with van der Waals surface area (Å²) in [4.78, 5) is 38.3. The minimum absolute atomic E-state index is 0.0178. The van der Waals surface area contributed by atoms with E-state index in [4.69, 9.17) is 5.11 Å². The Balaban J connectivity index is 2.18. The fraction of sp³-hybridized carbons (Fsp3) is 0.118. The molecule has 116 valence electrons. The highest BCUT2D eigenvalue weighted by Gasteiger charge is 2.11. The monoisotopic (exact) mass is 310 g/mol. The second-order valence-electron chi connectivity index (χ2n) is 5.31. The SMILES string of the molecule is Cc1ccccc1Cn1c(=O)[nH]c2cc(C(=O)O)ccc2c1=O. The number of aromatic amines is 1. The van der Waals surface area contributed by atoms with Gasteiger partial charge in [-0.25, -0.2) is 9.59 Å². The average Bonchev–Trinajstić information content (AvgIpc) is 2.52. The molecule has 6 heteroatoms. The maximum atomic E-state index is 12.5. The van der Waals surface area contributed by atoms with Crippen molar-refractivity contribution in [3.8, 4) is 0 Å². The molecule has 0 aliphatic rings. The van der Waals surface area contributed by atoms with Gasteiger partial charge < -0.3 is 10.1 Å². The lowest BCUT2D eigenvalue weighted by Gasteiger charge is -2.09. The van der Waals surface area contributed by atoms with Crippen LogP contribution in [0, 0.1) is 6.92 Å². The Morgan fingerprint density at radius 1 is 1.17 bits per heavy atom. The molecule has 0 aliphatic heterocycles. The molecule has 2 N–H and O–H groups in total. The number of hydrogen-bond acceptors (Lipinski definition) is 3. The molecule has 0 bridgehead atoms. The zero-order valence-corrected chi connectivity index (χ0v) is 12.4. The summed E-state index contributed by atoms with van der Waals surface area (Å²) in [5.41, 5.74) is 1.10. The molecule has 1 aromatic heterocycles. The summed E-state index contributed by atoms with van der Waals surface area (Å²) in [7, 11) is 0. The largest absolute Gasteiger partial charge is 0.478 e. The second kappa shape index (κ2) is 5.57. The zero-order valence-electron chi connectivity index (χ0n) is 12.4. The number of hydrogen-bond donors (Lipinski definition) is 2. The van der Waals surface area contributed by atoms with Gasteiger partial charge in [0.25, 0.3) is 5.56 Å². The smallest absolute Gasteiger partial charge is 0.335 e. The summed E-state index contributed by atoms with van der Waals surface area (Å²) in [6.07, 6.45) is 0. The first-order valence-electron chi connectivity index (χ1n) is 7.02. The van der Waals surface area contributed by atoms with Crippen LogP contribution < -0.4 is 11.2 Å². The van der Waals surface area contributed by atoms with Crippen molar-refractivity contribution in [3.05, 3.63) is 80.0 Å². The van der Waals surface area contributed by atoms with Crippen molar-refractivity contribution in [1.82, 2.24) is 9.55 Å². The third kappa shape index (κ3) is 2.66. The topological polar surface area (TPSA) is 92.2 Å². The van der Waals surface area contributed by atoms with Crippen LogP contribution in [0.4, 0.5) is 0 Å². The minimum atomic E-state index is -1.11. The number of nitrogens with one attached hydrogen (secondary N) is 1. The predicted octanol–water partition coefficient (Wildman–Crippen LogP) is 1.74. The summed E-state index contributed by atoms with van der Waals surface area (Å²) >= 11 is 0. The fourth-order valence-corrected chi connectivity index (χ4v) is 2.49. The standard InChI is InChI=1S/C17H14N2O4/c1-10-4-2-3-5-12(10)9-19-15(20)13-7-6-11(16(21)22)8-14(13)18-17(19)23/h2-8H,9H2,1H3,(H,18,23)(H,21,22). The number of rotatable bonds is 3. The zero-order chi connectivity index (χ0) is 16.6. The first-order valence-corrected chi connectivity index (χ1v) is 7.02. The molecule has 3 rings (SSSR count). The number of H-pyrrole nitrogens is 1. The third-order valence-electron chi connectivity index (χ3n) is 3.82. The van der Waals surface area contributed by atoms with Crippen LogP contribution in [-0.2, 0) is 6.54 Å². The number of aromatic carboxylic acids is 1. The van der Waals surface area contributed by atoms with Gasteiger partial charge in [-0.15, -0.1) is 0 Å². The molecule has 0 aliphatic carbocycles. The van der Waals surface area contributed by atoms with E-state index in [0.29, 0.717) is 0 Å². The number of carbonyl (C=O) groups is 1. The van der Waals surface area contributed by atoms with Crippen molar-refractivity contribution in [3.63, 3.8) is 0 Å². The molecule has 0 spiro atoms. The van der Waals surface area contributed by atoms with Crippen LogP contribution in [0.1, 0.15) is 21.5 Å². The van der Waals surface area contributed by atoms with E-state index in [9.17, 15) is 14.4 Å². The second-order valence-corrected chi connectivity index (χ2v) is 5.31. The number of fused-ring (bicyclic) bond motifs is 1. The summed E-state index contributed by atoms with van der Waals surface area (Å²) < 4.78 is 1.12. The highest BCUT2D eigenvalue weighted by Crippen LogP contribution is 2.11. The molecule has 0 amide bonds. The lowest BCUT2D eigenvalue weighted by molar-refractivity contribution is 0.0697. The van der Waals surface area contributed by atoms with Gasteiger partial charge in [0.05, 0.1) is 23.0 Å². The summed E-state index contributed by atoms with van der Waals surface area (Å²) in [6, 6.07) is 11.6. The number of aryl methyl sites for hydroxylation is 1. The van der Waals surface area contributed by atoms with Gasteiger partial charge in [0.1, 0.15) is 0 Å². The Hall–Kier alpha value is -3.15. The summed E-state index contributed by atoms with van der Waals surface area (Å²) in [5, 5.41) is 9.27. The Kier molecular flexibility index (Phi) is 3.57. The molecule has 0 fully saturated rings. The van der Waals surface area contributed by atoms with Crippen LogP contribution in [0.5, 0.6) is 0 Å². The average molecular weight is 310 g/mol. The molecule has 23 heavy (non-hydrogen) atoms. The van der Waals surface area contributed by atoms with Crippen molar-refractivity contribution < 1.29 is 9.90 Å². The van der Waals surface area contributed by atoms with E-state index in [1.54, 1.807) is 0 Å². The molecule has 0 radical (unpaired) electrons. The first-order chi connectivity index (χ1) is 11.0. The van der Waals surface area contributed by atoms with Crippen molar-refractivity contribution in [1.29, 1.82) is 0 Å². The van der Waals surface area contributed by atoms with E-state index in [1.807, 2.05) is 31.2 Å². The van der Waals surface area contributed by atoms with Crippen LogP contribution >= 0.6 is 0 Å². The van der Waals surface area contributed by atoms with Gasteiger partial charge in [-0.2, -0.15) is 0 Å². The van der Waals surface area contributed by atoms with E-state index in [-0.39, 0.29) is 23.0 Å². The van der Waals surface area contributed by atoms with Gasteiger partial charge in [0, 0.05) is 0 Å². The maximum absolute atomic E-state index is 12.5. The number of aromatic nitrogens is 2. The van der Waals surface area contributed by atoms with Crippen molar-refractivity contribution in [2.24, 2.45) is 0 Å². The van der Waals surface area contributed by atoms with Gasteiger partial charge in [-0.05, 0) is 36.2 Å². The molecule has 2 aromatic carbocycles. The number of carboxylic acids is 1. The summed E-state index contributed by atoms with van der Waals surface area (Å²) in [5.74, 6) is -1.11. The Morgan fingerprint density at radius 3 is 2.61 bits per heavy atom. The van der Waals surface area contributed by atoms with Crippen LogP contribution in [0.2, 0.25) is 0 Å². The van der Waals surface area contributed by atoms with E-state index in [0.717, 1.165) is 15.7 Å². The predicted molar refractivity (Wildman–Crippen MR) is 86.1 cm³/mol. The van der Waals surface area contributed by atoms with E-state index < -0.39 is 17.2 Å². The van der Waals surface area contributed by atoms with Gasteiger partial charge in [-0.3, -0.25) is 9.36 Å². The Bertz CT molecular complexity index is 1030. The minimum Gasteiger partial charge on any atom is -0.478 e.